The Bertz CT molecular complexity index is 832. The molecule has 0 aliphatic carbocycles. The van der Waals surface area contributed by atoms with Gasteiger partial charge in [0.25, 0.3) is 0 Å². The Morgan fingerprint density at radius 3 is 2.30 bits per heavy atom. The zero-order valence-electron chi connectivity index (χ0n) is 12.6. The highest BCUT2D eigenvalue weighted by molar-refractivity contribution is 5.98. The first-order valence-corrected chi connectivity index (χ1v) is 7.44. The lowest BCUT2D eigenvalue weighted by atomic mass is 10.0. The van der Waals surface area contributed by atoms with E-state index in [1.807, 2.05) is 48.5 Å². The third kappa shape index (κ3) is 3.64. The van der Waals surface area contributed by atoms with Crippen molar-refractivity contribution in [2.24, 2.45) is 0 Å². The number of hydrogen-bond acceptors (Lipinski definition) is 3. The van der Waals surface area contributed by atoms with Crippen LogP contribution in [0.3, 0.4) is 0 Å². The van der Waals surface area contributed by atoms with Crippen LogP contribution in [0.1, 0.15) is 15.9 Å². The Morgan fingerprint density at radius 1 is 0.783 bits per heavy atom. The monoisotopic (exact) mass is 304 g/mol. The van der Waals surface area contributed by atoms with E-state index in [0.717, 1.165) is 16.3 Å². The molecule has 0 radical (unpaired) electrons. The second kappa shape index (κ2) is 6.88. The maximum absolute atomic E-state index is 12.0. The van der Waals surface area contributed by atoms with Gasteiger partial charge in [-0.25, -0.2) is 0 Å². The van der Waals surface area contributed by atoms with Gasteiger partial charge in [0.2, 0.25) is 0 Å². The van der Waals surface area contributed by atoms with Gasteiger partial charge < -0.3 is 4.74 Å². The Morgan fingerprint density at radius 2 is 1.48 bits per heavy atom. The summed E-state index contributed by atoms with van der Waals surface area (Å²) in [4.78, 5) is 24.0. The number of Topliss-reactive ketones (excluding diaryl/α,β-unsaturated/α-hetero) is 1. The molecule has 3 heteroatoms. The molecule has 3 aromatic rings. The summed E-state index contributed by atoms with van der Waals surface area (Å²) in [5.74, 6) is -0.595. The number of fused-ring (bicyclic) bond motifs is 1. The van der Waals surface area contributed by atoms with E-state index >= 15 is 0 Å². The van der Waals surface area contributed by atoms with Crippen molar-refractivity contribution in [1.29, 1.82) is 0 Å². The second-order valence-electron chi connectivity index (χ2n) is 5.26. The van der Waals surface area contributed by atoms with Gasteiger partial charge in [0.15, 0.2) is 12.4 Å². The molecule has 0 aromatic heterocycles. The van der Waals surface area contributed by atoms with Crippen LogP contribution in [-0.4, -0.2) is 18.4 Å². The van der Waals surface area contributed by atoms with Gasteiger partial charge in [-0.05, 0) is 16.3 Å². The smallest absolute Gasteiger partial charge is 0.310 e. The molecule has 0 bridgehead atoms. The van der Waals surface area contributed by atoms with E-state index in [2.05, 4.69) is 0 Å². The Kier molecular flexibility index (Phi) is 4.48. The second-order valence-corrected chi connectivity index (χ2v) is 5.26. The Labute approximate surface area is 134 Å². The number of carbonyl (C=O) groups is 2. The van der Waals surface area contributed by atoms with Gasteiger partial charge in [-0.15, -0.1) is 0 Å². The third-order valence-electron chi connectivity index (χ3n) is 3.67. The highest BCUT2D eigenvalue weighted by atomic mass is 16.5. The van der Waals surface area contributed by atoms with Crippen LogP contribution in [-0.2, 0) is 16.0 Å². The standard InChI is InChI=1S/C20H16O3/c21-19(16-8-2-1-3-9-16)14-23-20(22)13-17-11-6-10-15-7-4-5-12-18(15)17/h1-12H,13-14H2. The first kappa shape index (κ1) is 15.0. The fourth-order valence-corrected chi connectivity index (χ4v) is 2.51. The first-order chi connectivity index (χ1) is 11.2. The van der Waals surface area contributed by atoms with Crippen molar-refractivity contribution in [1.82, 2.24) is 0 Å². The normalized spacial score (nSPS) is 10.4. The topological polar surface area (TPSA) is 43.4 Å². The largest absolute Gasteiger partial charge is 0.457 e. The van der Waals surface area contributed by atoms with Gasteiger partial charge in [-0.2, -0.15) is 0 Å². The van der Waals surface area contributed by atoms with Crippen molar-refractivity contribution < 1.29 is 14.3 Å². The lowest BCUT2D eigenvalue weighted by Gasteiger charge is -2.07. The number of ketones is 1. The van der Waals surface area contributed by atoms with E-state index in [4.69, 9.17) is 4.74 Å². The van der Waals surface area contributed by atoms with Crippen molar-refractivity contribution in [3.63, 3.8) is 0 Å². The molecule has 114 valence electrons. The van der Waals surface area contributed by atoms with Crippen molar-refractivity contribution in [3.05, 3.63) is 83.9 Å². The number of esters is 1. The molecule has 3 nitrogen and oxygen atoms in total. The number of carbonyl (C=O) groups excluding carboxylic acids is 2. The average molecular weight is 304 g/mol. The molecular formula is C20H16O3. The molecule has 3 rings (SSSR count). The summed E-state index contributed by atoms with van der Waals surface area (Å²) >= 11 is 0. The summed E-state index contributed by atoms with van der Waals surface area (Å²) in [6.07, 6.45) is 0.156. The van der Waals surface area contributed by atoms with Crippen molar-refractivity contribution in [2.75, 3.05) is 6.61 Å². The molecule has 3 aromatic carbocycles. The lowest BCUT2D eigenvalue weighted by molar-refractivity contribution is -0.141. The van der Waals surface area contributed by atoms with Gasteiger partial charge >= 0.3 is 5.97 Å². The number of benzene rings is 3. The van der Waals surface area contributed by atoms with E-state index in [-0.39, 0.29) is 18.8 Å². The van der Waals surface area contributed by atoms with Crippen LogP contribution in [0, 0.1) is 0 Å². The lowest BCUT2D eigenvalue weighted by Crippen LogP contribution is -2.15. The molecule has 0 spiro atoms. The van der Waals surface area contributed by atoms with Crippen molar-refractivity contribution >= 4 is 22.5 Å². The summed E-state index contributed by atoms with van der Waals surface area (Å²) in [7, 11) is 0. The molecule has 0 saturated carbocycles. The van der Waals surface area contributed by atoms with E-state index in [0.29, 0.717) is 5.56 Å². The predicted molar refractivity (Wildman–Crippen MR) is 89.4 cm³/mol. The minimum atomic E-state index is -0.398. The van der Waals surface area contributed by atoms with E-state index in [1.54, 1.807) is 24.3 Å². The van der Waals surface area contributed by atoms with Crippen LogP contribution < -0.4 is 0 Å². The zero-order valence-corrected chi connectivity index (χ0v) is 12.6. The summed E-state index contributed by atoms with van der Waals surface area (Å²) in [5.41, 5.74) is 1.45. The Balaban J connectivity index is 1.64. The van der Waals surface area contributed by atoms with Crippen LogP contribution >= 0.6 is 0 Å². The van der Waals surface area contributed by atoms with Crippen molar-refractivity contribution in [3.8, 4) is 0 Å². The molecule has 23 heavy (non-hydrogen) atoms. The average Bonchev–Trinajstić information content (AvgIpc) is 2.61. The first-order valence-electron chi connectivity index (χ1n) is 7.44. The predicted octanol–water partition coefficient (Wildman–Crippen LogP) is 3.81. The number of ether oxygens (including phenoxy) is 1. The molecule has 0 unspecified atom stereocenters. The van der Waals surface area contributed by atoms with Crippen LogP contribution in [0.25, 0.3) is 10.8 Å². The van der Waals surface area contributed by atoms with Crippen LogP contribution in [0.15, 0.2) is 72.8 Å². The molecule has 0 aliphatic heterocycles. The summed E-state index contributed by atoms with van der Waals surface area (Å²) in [6, 6.07) is 22.5. The van der Waals surface area contributed by atoms with Gasteiger partial charge in [-0.1, -0.05) is 72.8 Å². The van der Waals surface area contributed by atoms with E-state index < -0.39 is 5.97 Å². The minimum absolute atomic E-state index is 0.156. The van der Waals surface area contributed by atoms with Gasteiger partial charge in [-0.3, -0.25) is 9.59 Å². The molecule has 0 aliphatic rings. The van der Waals surface area contributed by atoms with Crippen LogP contribution in [0.5, 0.6) is 0 Å². The highest BCUT2D eigenvalue weighted by Crippen LogP contribution is 2.19. The fourth-order valence-electron chi connectivity index (χ4n) is 2.51. The quantitative estimate of drug-likeness (QED) is 0.532. The molecular weight excluding hydrogens is 288 g/mol. The SMILES string of the molecule is O=C(Cc1cccc2ccccc12)OCC(=O)c1ccccc1. The fraction of sp³-hybridized carbons (Fsp3) is 0.100. The highest BCUT2D eigenvalue weighted by Gasteiger charge is 2.11. The van der Waals surface area contributed by atoms with Crippen LogP contribution in [0.2, 0.25) is 0 Å². The van der Waals surface area contributed by atoms with Gasteiger partial charge in [0, 0.05) is 5.56 Å². The molecule has 0 atom stereocenters. The number of rotatable bonds is 5. The summed E-state index contributed by atoms with van der Waals surface area (Å²) < 4.78 is 5.12. The maximum atomic E-state index is 12.0. The van der Waals surface area contributed by atoms with E-state index in [9.17, 15) is 9.59 Å². The molecule has 0 amide bonds. The van der Waals surface area contributed by atoms with Crippen LogP contribution in [0.4, 0.5) is 0 Å². The molecule has 0 saturated heterocycles. The molecule has 0 heterocycles. The summed E-state index contributed by atoms with van der Waals surface area (Å²) in [5, 5.41) is 2.11. The van der Waals surface area contributed by atoms with Gasteiger partial charge in [0.1, 0.15) is 0 Å². The minimum Gasteiger partial charge on any atom is -0.457 e. The maximum Gasteiger partial charge on any atom is 0.310 e. The third-order valence-corrected chi connectivity index (χ3v) is 3.67. The summed E-state index contributed by atoms with van der Waals surface area (Å²) in [6.45, 7) is -0.229. The number of hydrogen-bond donors (Lipinski definition) is 0. The zero-order chi connectivity index (χ0) is 16.1. The van der Waals surface area contributed by atoms with Gasteiger partial charge in [0.05, 0.1) is 6.42 Å². The van der Waals surface area contributed by atoms with E-state index in [1.165, 1.54) is 0 Å². The molecule has 0 N–H and O–H groups in total. The molecule has 0 fully saturated rings. The Hall–Kier alpha value is -2.94. The van der Waals surface area contributed by atoms with Crippen molar-refractivity contribution in [2.45, 2.75) is 6.42 Å².